The van der Waals surface area contributed by atoms with Gasteiger partial charge in [-0.05, 0) is 43.2 Å². The maximum absolute atomic E-state index is 14.1. The molecule has 2 nitrogen and oxygen atoms in total. The maximum atomic E-state index is 14.1. The molecule has 19 heavy (non-hydrogen) atoms. The maximum Gasteiger partial charge on any atom is 0.175 e. The van der Waals surface area contributed by atoms with Gasteiger partial charge in [0.05, 0.1) is 12.7 Å². The molecule has 0 bridgehead atoms. The molecule has 1 fully saturated rings. The van der Waals surface area contributed by atoms with Crippen molar-refractivity contribution in [3.8, 4) is 5.75 Å². The van der Waals surface area contributed by atoms with Gasteiger partial charge in [0, 0.05) is 5.92 Å². The molecule has 0 unspecified atom stereocenters. The first kappa shape index (κ1) is 14.0. The van der Waals surface area contributed by atoms with Gasteiger partial charge in [-0.15, -0.1) is 0 Å². The number of ketones is 1. The fraction of sp³-hybridized carbons (Fsp3) is 0.562. The molecule has 1 aromatic rings. The van der Waals surface area contributed by atoms with Crippen LogP contribution in [-0.2, 0) is 0 Å². The summed E-state index contributed by atoms with van der Waals surface area (Å²) in [4.78, 5) is 12.4. The van der Waals surface area contributed by atoms with Crippen molar-refractivity contribution in [2.45, 2.75) is 39.5 Å². The van der Waals surface area contributed by atoms with Gasteiger partial charge in [-0.25, -0.2) is 4.39 Å². The largest absolute Gasteiger partial charge is 0.494 e. The number of ether oxygens (including phenoxy) is 1. The number of methoxy groups -OCH3 is 1. The van der Waals surface area contributed by atoms with Gasteiger partial charge < -0.3 is 4.74 Å². The standard InChI is InChI=1S/C16H21FO2/c1-16(2)9-7-11(8-10-16)15(18)12-5-4-6-13(19-3)14(12)17/h4-6,11H,7-10H2,1-3H3. The average molecular weight is 264 g/mol. The number of rotatable bonds is 3. The molecule has 1 aliphatic carbocycles. The summed E-state index contributed by atoms with van der Waals surface area (Å²) in [5.74, 6) is -0.511. The van der Waals surface area contributed by atoms with Crippen LogP contribution in [0.25, 0.3) is 0 Å². The van der Waals surface area contributed by atoms with Crippen LogP contribution in [0.4, 0.5) is 4.39 Å². The summed E-state index contributed by atoms with van der Waals surface area (Å²) in [7, 11) is 1.41. The summed E-state index contributed by atoms with van der Waals surface area (Å²) in [5, 5.41) is 0. The van der Waals surface area contributed by atoms with E-state index in [4.69, 9.17) is 4.74 Å². The van der Waals surface area contributed by atoms with E-state index in [2.05, 4.69) is 13.8 Å². The van der Waals surface area contributed by atoms with E-state index in [1.165, 1.54) is 13.2 Å². The average Bonchev–Trinajstić information content (AvgIpc) is 2.38. The van der Waals surface area contributed by atoms with Crippen molar-refractivity contribution >= 4 is 5.78 Å². The molecule has 0 aromatic heterocycles. The molecule has 0 spiro atoms. The predicted octanol–water partition coefficient (Wildman–Crippen LogP) is 4.23. The van der Waals surface area contributed by atoms with Gasteiger partial charge >= 0.3 is 0 Å². The van der Waals surface area contributed by atoms with Crippen molar-refractivity contribution < 1.29 is 13.9 Å². The van der Waals surface area contributed by atoms with Crippen LogP contribution in [0.5, 0.6) is 5.75 Å². The molecule has 0 amide bonds. The second kappa shape index (κ2) is 5.32. The molecular formula is C16H21FO2. The van der Waals surface area contributed by atoms with Crippen LogP contribution in [-0.4, -0.2) is 12.9 Å². The zero-order chi connectivity index (χ0) is 14.0. The van der Waals surface area contributed by atoms with Crippen LogP contribution in [0.15, 0.2) is 18.2 Å². The van der Waals surface area contributed by atoms with Gasteiger partial charge in [-0.1, -0.05) is 19.9 Å². The molecule has 3 heteroatoms. The van der Waals surface area contributed by atoms with Gasteiger partial charge in [-0.2, -0.15) is 0 Å². The fourth-order valence-electron chi connectivity index (χ4n) is 2.74. The molecule has 104 valence electrons. The highest BCUT2D eigenvalue weighted by atomic mass is 19.1. The highest BCUT2D eigenvalue weighted by molar-refractivity contribution is 5.98. The van der Waals surface area contributed by atoms with Crippen LogP contribution < -0.4 is 4.74 Å². The minimum atomic E-state index is -0.528. The predicted molar refractivity (Wildman–Crippen MR) is 73.0 cm³/mol. The molecule has 0 N–H and O–H groups in total. The summed E-state index contributed by atoms with van der Waals surface area (Å²) in [6.07, 6.45) is 3.74. The highest BCUT2D eigenvalue weighted by Gasteiger charge is 2.32. The van der Waals surface area contributed by atoms with E-state index in [1.807, 2.05) is 0 Å². The van der Waals surface area contributed by atoms with Crippen LogP contribution >= 0.6 is 0 Å². The minimum Gasteiger partial charge on any atom is -0.494 e. The number of Topliss-reactive ketones (excluding diaryl/α,β-unsaturated/α-hetero) is 1. The Morgan fingerprint density at radius 3 is 2.53 bits per heavy atom. The Morgan fingerprint density at radius 1 is 1.32 bits per heavy atom. The monoisotopic (exact) mass is 264 g/mol. The van der Waals surface area contributed by atoms with E-state index >= 15 is 0 Å². The topological polar surface area (TPSA) is 26.3 Å². The Bertz CT molecular complexity index is 470. The third-order valence-electron chi connectivity index (χ3n) is 4.16. The van der Waals surface area contributed by atoms with Gasteiger partial charge in [0.25, 0.3) is 0 Å². The first-order chi connectivity index (χ1) is 8.94. The van der Waals surface area contributed by atoms with Crippen molar-refractivity contribution in [2.75, 3.05) is 7.11 Å². The molecular weight excluding hydrogens is 243 g/mol. The van der Waals surface area contributed by atoms with E-state index in [-0.39, 0.29) is 23.0 Å². The Hall–Kier alpha value is -1.38. The Balaban J connectivity index is 2.17. The number of benzene rings is 1. The first-order valence-corrected chi connectivity index (χ1v) is 6.81. The SMILES string of the molecule is COc1cccc(C(=O)C2CCC(C)(C)CC2)c1F. The smallest absolute Gasteiger partial charge is 0.175 e. The second-order valence-corrected chi connectivity index (χ2v) is 6.12. The third-order valence-corrected chi connectivity index (χ3v) is 4.16. The van der Waals surface area contributed by atoms with E-state index in [0.717, 1.165) is 25.7 Å². The lowest BCUT2D eigenvalue weighted by molar-refractivity contribution is 0.0833. The summed E-state index contributed by atoms with van der Waals surface area (Å²) in [6.45, 7) is 4.44. The van der Waals surface area contributed by atoms with Crippen LogP contribution in [0.1, 0.15) is 49.9 Å². The van der Waals surface area contributed by atoms with E-state index in [0.29, 0.717) is 5.41 Å². The summed E-state index contributed by atoms with van der Waals surface area (Å²) in [6, 6.07) is 4.76. The zero-order valence-corrected chi connectivity index (χ0v) is 11.8. The van der Waals surface area contributed by atoms with E-state index < -0.39 is 5.82 Å². The first-order valence-electron chi connectivity index (χ1n) is 6.81. The number of hydrogen-bond donors (Lipinski definition) is 0. The van der Waals surface area contributed by atoms with E-state index in [1.54, 1.807) is 12.1 Å². The van der Waals surface area contributed by atoms with Crippen LogP contribution in [0.3, 0.4) is 0 Å². The molecule has 1 aliphatic rings. The quantitative estimate of drug-likeness (QED) is 0.763. The molecule has 1 aromatic carbocycles. The lowest BCUT2D eigenvalue weighted by Gasteiger charge is -2.33. The van der Waals surface area contributed by atoms with Crippen molar-refractivity contribution in [3.05, 3.63) is 29.6 Å². The lowest BCUT2D eigenvalue weighted by Crippen LogP contribution is -2.26. The third kappa shape index (κ3) is 2.96. The Labute approximate surface area is 114 Å². The van der Waals surface area contributed by atoms with Gasteiger partial charge in [0.2, 0.25) is 0 Å². The highest BCUT2D eigenvalue weighted by Crippen LogP contribution is 2.39. The van der Waals surface area contributed by atoms with Crippen molar-refractivity contribution in [1.29, 1.82) is 0 Å². The van der Waals surface area contributed by atoms with Gasteiger partial charge in [-0.3, -0.25) is 4.79 Å². The number of carbonyl (C=O) groups excluding carboxylic acids is 1. The lowest BCUT2D eigenvalue weighted by atomic mass is 9.71. The molecule has 0 aliphatic heterocycles. The summed E-state index contributed by atoms with van der Waals surface area (Å²) < 4.78 is 19.0. The number of halogens is 1. The van der Waals surface area contributed by atoms with Crippen LogP contribution in [0, 0.1) is 17.2 Å². The van der Waals surface area contributed by atoms with Gasteiger partial charge in [0.1, 0.15) is 0 Å². The van der Waals surface area contributed by atoms with E-state index in [9.17, 15) is 9.18 Å². The van der Waals surface area contributed by atoms with Crippen molar-refractivity contribution in [3.63, 3.8) is 0 Å². The number of carbonyl (C=O) groups is 1. The molecule has 2 rings (SSSR count). The summed E-state index contributed by atoms with van der Waals surface area (Å²) in [5.41, 5.74) is 0.480. The minimum absolute atomic E-state index is 0.0466. The zero-order valence-electron chi connectivity index (χ0n) is 11.8. The molecule has 0 radical (unpaired) electrons. The Kier molecular flexibility index (Phi) is 3.93. The molecule has 0 heterocycles. The fourth-order valence-corrected chi connectivity index (χ4v) is 2.74. The normalized spacial score (nSPS) is 19.2. The van der Waals surface area contributed by atoms with Gasteiger partial charge in [0.15, 0.2) is 17.3 Å². The Morgan fingerprint density at radius 2 is 1.95 bits per heavy atom. The van der Waals surface area contributed by atoms with Crippen LogP contribution in [0.2, 0.25) is 0 Å². The second-order valence-electron chi connectivity index (χ2n) is 6.12. The van der Waals surface area contributed by atoms with Crippen molar-refractivity contribution in [2.24, 2.45) is 11.3 Å². The molecule has 0 saturated heterocycles. The van der Waals surface area contributed by atoms with Crippen molar-refractivity contribution in [1.82, 2.24) is 0 Å². The summed E-state index contributed by atoms with van der Waals surface area (Å²) >= 11 is 0. The molecule has 0 atom stereocenters. The molecule has 1 saturated carbocycles. The number of hydrogen-bond acceptors (Lipinski definition) is 2.